The third kappa shape index (κ3) is 4.71. The van der Waals surface area contributed by atoms with Crippen LogP contribution in [-0.4, -0.2) is 36.2 Å². The number of benzene rings is 1. The van der Waals surface area contributed by atoms with Gasteiger partial charge in [-0.25, -0.2) is 9.59 Å². The molecule has 156 valence electrons. The van der Waals surface area contributed by atoms with Crippen molar-refractivity contribution >= 4 is 17.9 Å². The van der Waals surface area contributed by atoms with Crippen molar-refractivity contribution in [2.45, 2.75) is 57.1 Å². The number of imide groups is 1. The summed E-state index contributed by atoms with van der Waals surface area (Å²) in [4.78, 5) is 36.4. The highest BCUT2D eigenvalue weighted by molar-refractivity contribution is 5.96. The molecule has 4 saturated carbocycles. The molecule has 0 aliphatic heterocycles. The van der Waals surface area contributed by atoms with Gasteiger partial charge in [0.2, 0.25) is 0 Å². The van der Waals surface area contributed by atoms with Crippen molar-refractivity contribution in [3.05, 3.63) is 30.3 Å². The van der Waals surface area contributed by atoms with E-state index in [1.807, 2.05) is 6.07 Å². The monoisotopic (exact) mass is 400 g/mol. The van der Waals surface area contributed by atoms with E-state index in [1.54, 1.807) is 31.2 Å². The van der Waals surface area contributed by atoms with Crippen molar-refractivity contribution in [1.29, 1.82) is 0 Å². The average Bonchev–Trinajstić information content (AvgIpc) is 2.65. The Kier molecular flexibility index (Phi) is 5.48. The summed E-state index contributed by atoms with van der Waals surface area (Å²) in [6, 6.07) is 8.39. The predicted octanol–water partition coefficient (Wildman–Crippen LogP) is 2.79. The van der Waals surface area contributed by atoms with Gasteiger partial charge >= 0.3 is 12.0 Å². The first kappa shape index (κ1) is 19.7. The number of nitrogens with one attached hydrogen (secondary N) is 2. The molecule has 4 aliphatic carbocycles. The van der Waals surface area contributed by atoms with Gasteiger partial charge in [0.05, 0.1) is 0 Å². The molecular formula is C22H28N2O5. The van der Waals surface area contributed by atoms with Gasteiger partial charge < -0.3 is 14.8 Å². The van der Waals surface area contributed by atoms with Crippen LogP contribution in [-0.2, 0) is 14.3 Å². The lowest BCUT2D eigenvalue weighted by Gasteiger charge is -2.56. The quantitative estimate of drug-likeness (QED) is 0.716. The Morgan fingerprint density at radius 1 is 1.03 bits per heavy atom. The highest BCUT2D eigenvalue weighted by atomic mass is 16.6. The highest BCUT2D eigenvalue weighted by Crippen LogP contribution is 2.55. The van der Waals surface area contributed by atoms with Crippen LogP contribution in [0.25, 0.3) is 0 Å². The molecule has 0 aromatic heterocycles. The third-order valence-corrected chi connectivity index (χ3v) is 6.40. The van der Waals surface area contributed by atoms with Crippen LogP contribution >= 0.6 is 0 Å². The zero-order valence-corrected chi connectivity index (χ0v) is 16.7. The zero-order valence-electron chi connectivity index (χ0n) is 16.7. The van der Waals surface area contributed by atoms with Crippen LogP contribution < -0.4 is 15.4 Å². The van der Waals surface area contributed by atoms with Gasteiger partial charge in [0.1, 0.15) is 5.75 Å². The number of hydrogen-bond donors (Lipinski definition) is 2. The Labute approximate surface area is 170 Å². The van der Waals surface area contributed by atoms with E-state index in [-0.39, 0.29) is 5.54 Å². The summed E-state index contributed by atoms with van der Waals surface area (Å²) in [5.41, 5.74) is -0.173. The average molecular weight is 400 g/mol. The molecule has 29 heavy (non-hydrogen) atoms. The summed E-state index contributed by atoms with van der Waals surface area (Å²) in [6.07, 6.45) is 5.99. The first-order valence-electron chi connectivity index (χ1n) is 10.4. The first-order valence-corrected chi connectivity index (χ1v) is 10.4. The summed E-state index contributed by atoms with van der Waals surface area (Å²) >= 11 is 0. The molecule has 7 heteroatoms. The van der Waals surface area contributed by atoms with Gasteiger partial charge in [-0.2, -0.15) is 0 Å². The molecule has 1 aromatic rings. The normalized spacial score (nSPS) is 30.3. The Bertz CT molecular complexity index is 743. The maximum absolute atomic E-state index is 12.3. The molecule has 0 unspecified atom stereocenters. The Balaban J connectivity index is 1.20. The number of urea groups is 1. The minimum Gasteiger partial charge on any atom is -0.479 e. The fraction of sp³-hybridized carbons (Fsp3) is 0.591. The first-order chi connectivity index (χ1) is 13.9. The van der Waals surface area contributed by atoms with Crippen LogP contribution in [0.3, 0.4) is 0 Å². The Morgan fingerprint density at radius 3 is 2.21 bits per heavy atom. The predicted molar refractivity (Wildman–Crippen MR) is 105 cm³/mol. The minimum atomic E-state index is -0.856. The lowest BCUT2D eigenvalue weighted by atomic mass is 9.53. The van der Waals surface area contributed by atoms with E-state index in [0.717, 1.165) is 19.3 Å². The maximum atomic E-state index is 12.3. The molecule has 0 radical (unpaired) electrons. The molecule has 1 aromatic carbocycles. The van der Waals surface area contributed by atoms with E-state index in [2.05, 4.69) is 10.6 Å². The number of esters is 1. The van der Waals surface area contributed by atoms with Crippen LogP contribution in [0.2, 0.25) is 0 Å². The number of hydrogen-bond acceptors (Lipinski definition) is 5. The van der Waals surface area contributed by atoms with E-state index in [9.17, 15) is 14.4 Å². The number of carbonyl (C=O) groups is 3. The van der Waals surface area contributed by atoms with Gasteiger partial charge in [-0.15, -0.1) is 0 Å². The van der Waals surface area contributed by atoms with Gasteiger partial charge in [0.15, 0.2) is 12.7 Å². The topological polar surface area (TPSA) is 93.7 Å². The summed E-state index contributed by atoms with van der Waals surface area (Å²) < 4.78 is 10.4. The van der Waals surface area contributed by atoms with Gasteiger partial charge in [-0.3, -0.25) is 10.1 Å². The van der Waals surface area contributed by atoms with Gasteiger partial charge in [0.25, 0.3) is 5.91 Å². The van der Waals surface area contributed by atoms with Crippen LogP contribution in [0.4, 0.5) is 4.79 Å². The number of para-hydroxylation sites is 1. The van der Waals surface area contributed by atoms with Crippen molar-refractivity contribution in [3.63, 3.8) is 0 Å². The molecule has 0 heterocycles. The smallest absolute Gasteiger partial charge is 0.347 e. The van der Waals surface area contributed by atoms with Gasteiger partial charge in [0, 0.05) is 5.54 Å². The SMILES string of the molecule is C[C@H](Oc1ccccc1)C(=O)OCC(=O)NC(=O)NC12CC3CC(CC(C3)C1)C2. The Morgan fingerprint density at radius 2 is 1.62 bits per heavy atom. The van der Waals surface area contributed by atoms with E-state index in [0.29, 0.717) is 23.5 Å². The highest BCUT2D eigenvalue weighted by Gasteiger charge is 2.51. The summed E-state index contributed by atoms with van der Waals surface area (Å²) in [5.74, 6) is 1.33. The van der Waals surface area contributed by atoms with Crippen LogP contribution in [0.1, 0.15) is 45.4 Å². The number of carbonyl (C=O) groups excluding carboxylic acids is 3. The minimum absolute atomic E-state index is 0.173. The second-order valence-electron chi connectivity index (χ2n) is 8.88. The molecule has 4 aliphatic rings. The van der Waals surface area contributed by atoms with E-state index < -0.39 is 30.6 Å². The number of amides is 3. The zero-order chi connectivity index (χ0) is 20.4. The molecule has 3 amide bonds. The lowest BCUT2D eigenvalue weighted by molar-refractivity contribution is -0.154. The molecule has 4 fully saturated rings. The van der Waals surface area contributed by atoms with Crippen LogP contribution in [0, 0.1) is 17.8 Å². The lowest BCUT2D eigenvalue weighted by Crippen LogP contribution is -2.62. The summed E-state index contributed by atoms with van der Waals surface area (Å²) in [5, 5.41) is 5.35. The number of rotatable bonds is 6. The van der Waals surface area contributed by atoms with E-state index >= 15 is 0 Å². The molecule has 0 saturated heterocycles. The summed E-state index contributed by atoms with van der Waals surface area (Å²) in [6.45, 7) is 1.03. The largest absolute Gasteiger partial charge is 0.479 e. The van der Waals surface area contributed by atoms with Gasteiger partial charge in [-0.1, -0.05) is 18.2 Å². The second kappa shape index (κ2) is 8.05. The van der Waals surface area contributed by atoms with Crippen molar-refractivity contribution in [3.8, 4) is 5.75 Å². The second-order valence-corrected chi connectivity index (χ2v) is 8.88. The maximum Gasteiger partial charge on any atom is 0.347 e. The molecule has 2 N–H and O–H groups in total. The van der Waals surface area contributed by atoms with Crippen LogP contribution in [0.15, 0.2) is 30.3 Å². The van der Waals surface area contributed by atoms with Crippen molar-refractivity contribution in [2.75, 3.05) is 6.61 Å². The molecular weight excluding hydrogens is 372 g/mol. The molecule has 7 nitrogen and oxygen atoms in total. The molecule has 5 rings (SSSR count). The fourth-order valence-electron chi connectivity index (χ4n) is 5.70. The van der Waals surface area contributed by atoms with Crippen molar-refractivity contribution < 1.29 is 23.9 Å². The molecule has 4 bridgehead atoms. The number of ether oxygens (including phenoxy) is 2. The third-order valence-electron chi connectivity index (χ3n) is 6.40. The van der Waals surface area contributed by atoms with Gasteiger partial charge in [-0.05, 0) is 75.3 Å². The van der Waals surface area contributed by atoms with Crippen molar-refractivity contribution in [2.24, 2.45) is 17.8 Å². The Hall–Kier alpha value is -2.57. The van der Waals surface area contributed by atoms with E-state index in [1.165, 1.54) is 19.3 Å². The van der Waals surface area contributed by atoms with E-state index in [4.69, 9.17) is 9.47 Å². The van der Waals surface area contributed by atoms with Crippen LogP contribution in [0.5, 0.6) is 5.75 Å². The summed E-state index contributed by atoms with van der Waals surface area (Å²) in [7, 11) is 0. The molecule has 1 atom stereocenters. The fourth-order valence-corrected chi connectivity index (χ4v) is 5.70. The molecule has 0 spiro atoms. The van der Waals surface area contributed by atoms with Crippen molar-refractivity contribution in [1.82, 2.24) is 10.6 Å². The standard InChI is InChI=1S/C22H28N2O5/c1-14(29-18-5-3-2-4-6-18)20(26)28-13-19(25)23-21(27)24-22-10-15-7-16(11-22)9-17(8-15)12-22/h2-6,14-17H,7-13H2,1H3,(H2,23,24,25,27)/t14-,15?,16?,17?,22?/m0/s1.